The van der Waals surface area contributed by atoms with Crippen molar-refractivity contribution in [3.05, 3.63) is 45.6 Å². The first kappa shape index (κ1) is 15.6. The van der Waals surface area contributed by atoms with Gasteiger partial charge in [0.15, 0.2) is 12.4 Å². The quantitative estimate of drug-likeness (QED) is 0.906. The first-order chi connectivity index (χ1) is 11.0. The lowest BCUT2D eigenvalue weighted by molar-refractivity contribution is -0.118. The Bertz CT molecular complexity index is 754. The number of aryl methyl sites for hydroxylation is 1. The predicted molar refractivity (Wildman–Crippen MR) is 90.3 cm³/mol. The third kappa shape index (κ3) is 3.53. The van der Waals surface area contributed by atoms with Crippen LogP contribution >= 0.6 is 11.3 Å². The van der Waals surface area contributed by atoms with Crippen LogP contribution in [0.2, 0.25) is 0 Å². The molecule has 1 aliphatic rings. The topological polar surface area (TPSA) is 67.4 Å². The largest absolute Gasteiger partial charge is 0.481 e. The highest BCUT2D eigenvalue weighted by atomic mass is 32.1. The van der Waals surface area contributed by atoms with Crippen molar-refractivity contribution in [2.75, 3.05) is 11.9 Å². The number of rotatable bonds is 4. The molecule has 0 fully saturated rings. The van der Waals surface area contributed by atoms with Gasteiger partial charge in [-0.3, -0.25) is 9.59 Å². The Morgan fingerprint density at radius 2 is 2.22 bits per heavy atom. The van der Waals surface area contributed by atoms with Gasteiger partial charge < -0.3 is 15.4 Å². The summed E-state index contributed by atoms with van der Waals surface area (Å²) in [5.41, 5.74) is 0.979. The number of para-hydroxylation sites is 1. The number of fused-ring (bicyclic) bond motifs is 1. The molecular weight excluding hydrogens is 312 g/mol. The van der Waals surface area contributed by atoms with Crippen LogP contribution in [-0.2, 0) is 11.2 Å². The van der Waals surface area contributed by atoms with Crippen LogP contribution in [0, 0.1) is 6.92 Å². The van der Waals surface area contributed by atoms with Gasteiger partial charge in [0.05, 0.1) is 11.3 Å². The number of anilines is 1. The number of carbonyl (C=O) groups excluding carboxylic acids is 2. The maximum absolute atomic E-state index is 12.5. The molecule has 2 N–H and O–H groups in total. The van der Waals surface area contributed by atoms with E-state index in [2.05, 4.69) is 29.7 Å². The number of benzene rings is 1. The maximum Gasteiger partial charge on any atom is 0.262 e. The summed E-state index contributed by atoms with van der Waals surface area (Å²) >= 11 is 1.74. The Labute approximate surface area is 138 Å². The molecule has 2 amide bonds. The number of hydrogen-bond donors (Lipinski definition) is 2. The fourth-order valence-corrected chi connectivity index (χ4v) is 3.56. The number of ether oxygens (including phenoxy) is 1. The van der Waals surface area contributed by atoms with Gasteiger partial charge in [0, 0.05) is 22.2 Å². The molecule has 0 saturated carbocycles. The first-order valence-corrected chi connectivity index (χ1v) is 8.26. The van der Waals surface area contributed by atoms with E-state index in [0.29, 0.717) is 17.0 Å². The summed E-state index contributed by atoms with van der Waals surface area (Å²) in [6.45, 7) is 3.98. The number of amides is 2. The van der Waals surface area contributed by atoms with E-state index in [1.807, 2.05) is 6.92 Å². The fraction of sp³-hybridized carbons (Fsp3) is 0.294. The van der Waals surface area contributed by atoms with Gasteiger partial charge in [0.1, 0.15) is 0 Å². The molecular formula is C17H18N2O3S. The third-order valence-corrected chi connectivity index (χ3v) is 4.59. The summed E-state index contributed by atoms with van der Waals surface area (Å²) in [4.78, 5) is 26.4. The molecule has 1 aromatic heterocycles. The van der Waals surface area contributed by atoms with Crippen LogP contribution in [0.4, 0.5) is 5.69 Å². The minimum absolute atomic E-state index is 0.00888. The molecule has 3 rings (SSSR count). The molecule has 2 heterocycles. The fourth-order valence-electron chi connectivity index (χ4n) is 2.54. The van der Waals surface area contributed by atoms with Gasteiger partial charge in [-0.25, -0.2) is 0 Å². The van der Waals surface area contributed by atoms with Crippen LogP contribution in [0.15, 0.2) is 30.3 Å². The van der Waals surface area contributed by atoms with Crippen molar-refractivity contribution in [1.29, 1.82) is 0 Å². The lowest BCUT2D eigenvalue weighted by Gasteiger charge is -2.21. The second kappa shape index (κ2) is 6.42. The molecule has 5 nitrogen and oxygen atoms in total. The van der Waals surface area contributed by atoms with E-state index in [-0.39, 0.29) is 24.5 Å². The van der Waals surface area contributed by atoms with Crippen molar-refractivity contribution in [1.82, 2.24) is 5.32 Å². The van der Waals surface area contributed by atoms with Gasteiger partial charge in [-0.15, -0.1) is 11.3 Å². The SMILES string of the molecule is Cc1ccc(CC(C)NC(=O)c2cccc3c2OCC(=O)N3)s1. The maximum atomic E-state index is 12.5. The molecule has 23 heavy (non-hydrogen) atoms. The molecule has 1 aliphatic heterocycles. The normalized spacial score (nSPS) is 14.4. The second-order valence-corrected chi connectivity index (χ2v) is 6.98. The van der Waals surface area contributed by atoms with Crippen LogP contribution < -0.4 is 15.4 Å². The standard InChI is InChI=1S/C17H18N2O3S/c1-10(8-12-7-6-11(2)23-12)18-17(21)13-4-3-5-14-16(13)22-9-15(20)19-14/h3-7,10H,8-9H2,1-2H3,(H,18,21)(H,19,20). The molecule has 1 aromatic carbocycles. The summed E-state index contributed by atoms with van der Waals surface area (Å²) in [6.07, 6.45) is 0.789. The zero-order chi connectivity index (χ0) is 16.4. The van der Waals surface area contributed by atoms with Crippen molar-refractivity contribution < 1.29 is 14.3 Å². The number of nitrogens with one attached hydrogen (secondary N) is 2. The van der Waals surface area contributed by atoms with Crippen molar-refractivity contribution in [3.8, 4) is 5.75 Å². The molecule has 2 aromatic rings. The Balaban J connectivity index is 1.71. The second-order valence-electron chi connectivity index (χ2n) is 5.61. The summed E-state index contributed by atoms with van der Waals surface area (Å²) in [5, 5.41) is 5.70. The Hall–Kier alpha value is -2.34. The zero-order valence-electron chi connectivity index (χ0n) is 13.0. The van der Waals surface area contributed by atoms with E-state index < -0.39 is 0 Å². The van der Waals surface area contributed by atoms with Crippen molar-refractivity contribution >= 4 is 28.8 Å². The number of hydrogen-bond acceptors (Lipinski definition) is 4. The van der Waals surface area contributed by atoms with E-state index in [1.165, 1.54) is 9.75 Å². The Morgan fingerprint density at radius 3 is 2.96 bits per heavy atom. The summed E-state index contributed by atoms with van der Waals surface area (Å²) < 4.78 is 5.42. The van der Waals surface area contributed by atoms with Crippen LogP contribution in [0.25, 0.3) is 0 Å². The zero-order valence-corrected chi connectivity index (χ0v) is 13.8. The lowest BCUT2D eigenvalue weighted by Crippen LogP contribution is -2.35. The summed E-state index contributed by atoms with van der Waals surface area (Å²) in [7, 11) is 0. The molecule has 0 bridgehead atoms. The number of thiophene rings is 1. The van der Waals surface area contributed by atoms with Crippen LogP contribution in [0.5, 0.6) is 5.75 Å². The van der Waals surface area contributed by atoms with Gasteiger partial charge in [-0.2, -0.15) is 0 Å². The number of carbonyl (C=O) groups is 2. The first-order valence-electron chi connectivity index (χ1n) is 7.45. The Kier molecular flexibility index (Phi) is 4.34. The van der Waals surface area contributed by atoms with Crippen molar-refractivity contribution in [2.24, 2.45) is 0 Å². The highest BCUT2D eigenvalue weighted by Gasteiger charge is 2.23. The van der Waals surface area contributed by atoms with Gasteiger partial charge in [-0.05, 0) is 38.1 Å². The van der Waals surface area contributed by atoms with E-state index in [1.54, 1.807) is 29.5 Å². The monoisotopic (exact) mass is 330 g/mol. The average Bonchev–Trinajstić information content (AvgIpc) is 2.91. The minimum Gasteiger partial charge on any atom is -0.481 e. The van der Waals surface area contributed by atoms with E-state index in [4.69, 9.17) is 4.74 Å². The van der Waals surface area contributed by atoms with E-state index in [9.17, 15) is 9.59 Å². The van der Waals surface area contributed by atoms with Gasteiger partial charge in [-0.1, -0.05) is 6.07 Å². The smallest absolute Gasteiger partial charge is 0.262 e. The van der Waals surface area contributed by atoms with E-state index >= 15 is 0 Å². The van der Waals surface area contributed by atoms with Crippen LogP contribution in [-0.4, -0.2) is 24.5 Å². The molecule has 1 unspecified atom stereocenters. The summed E-state index contributed by atoms with van der Waals surface area (Å²) in [6, 6.07) is 9.34. The van der Waals surface area contributed by atoms with Gasteiger partial charge in [0.2, 0.25) is 0 Å². The molecule has 6 heteroatoms. The molecule has 0 radical (unpaired) electrons. The van der Waals surface area contributed by atoms with Crippen molar-refractivity contribution in [3.63, 3.8) is 0 Å². The van der Waals surface area contributed by atoms with E-state index in [0.717, 1.165) is 6.42 Å². The van der Waals surface area contributed by atoms with Gasteiger partial charge >= 0.3 is 0 Å². The minimum atomic E-state index is -0.212. The van der Waals surface area contributed by atoms with Crippen LogP contribution in [0.1, 0.15) is 27.0 Å². The third-order valence-electron chi connectivity index (χ3n) is 3.56. The van der Waals surface area contributed by atoms with Gasteiger partial charge in [0.25, 0.3) is 11.8 Å². The molecule has 0 spiro atoms. The Morgan fingerprint density at radius 1 is 1.39 bits per heavy atom. The molecule has 0 aliphatic carbocycles. The average molecular weight is 330 g/mol. The summed E-state index contributed by atoms with van der Waals surface area (Å²) in [5.74, 6) is 0.0269. The molecule has 0 saturated heterocycles. The highest BCUT2D eigenvalue weighted by Crippen LogP contribution is 2.31. The predicted octanol–water partition coefficient (Wildman–Crippen LogP) is 2.75. The van der Waals surface area contributed by atoms with Crippen LogP contribution in [0.3, 0.4) is 0 Å². The van der Waals surface area contributed by atoms with Crippen molar-refractivity contribution in [2.45, 2.75) is 26.3 Å². The lowest BCUT2D eigenvalue weighted by atomic mass is 10.1. The molecule has 120 valence electrons. The molecule has 1 atom stereocenters. The highest BCUT2D eigenvalue weighted by molar-refractivity contribution is 7.11.